The second-order valence-corrected chi connectivity index (χ2v) is 5.74. The molecule has 3 aliphatic rings. The number of hydrogen-bond donors (Lipinski definition) is 2. The van der Waals surface area contributed by atoms with Crippen LogP contribution >= 0.6 is 0 Å². The number of benzene rings is 1. The van der Waals surface area contributed by atoms with Gasteiger partial charge in [-0.3, -0.25) is 9.59 Å². The quantitative estimate of drug-likeness (QED) is 0.872. The van der Waals surface area contributed by atoms with Crippen LogP contribution in [0.5, 0.6) is 11.5 Å². The molecule has 4 rings (SSSR count). The lowest BCUT2D eigenvalue weighted by Gasteiger charge is -2.23. The van der Waals surface area contributed by atoms with Crippen molar-refractivity contribution in [3.63, 3.8) is 0 Å². The summed E-state index contributed by atoms with van der Waals surface area (Å²) in [5.74, 6) is -1.52. The molecule has 3 heterocycles. The molecule has 1 aromatic carbocycles. The van der Waals surface area contributed by atoms with Gasteiger partial charge in [0.2, 0.25) is 12.7 Å². The van der Waals surface area contributed by atoms with Crippen LogP contribution in [0, 0.1) is 11.8 Å². The van der Waals surface area contributed by atoms with Crippen LogP contribution < -0.4 is 14.8 Å². The topological polar surface area (TPSA) is 94.1 Å². The van der Waals surface area contributed by atoms with Crippen molar-refractivity contribution >= 4 is 17.6 Å². The normalized spacial score (nSPS) is 31.3. The number of carboxylic acid groups (broad SMARTS) is 1. The maximum atomic E-state index is 12.5. The summed E-state index contributed by atoms with van der Waals surface area (Å²) in [6.07, 6.45) is 0.776. The maximum absolute atomic E-state index is 12.5. The van der Waals surface area contributed by atoms with Crippen molar-refractivity contribution < 1.29 is 28.9 Å². The molecule has 2 saturated heterocycles. The molecule has 0 aromatic heterocycles. The van der Waals surface area contributed by atoms with E-state index in [0.29, 0.717) is 23.6 Å². The average Bonchev–Trinajstić information content (AvgIpc) is 3.20. The second-order valence-electron chi connectivity index (χ2n) is 5.74. The fraction of sp³-hybridized carbons (Fsp3) is 0.467. The molecule has 3 aliphatic heterocycles. The lowest BCUT2D eigenvalue weighted by molar-refractivity contribution is -0.147. The molecule has 0 unspecified atom stereocenters. The molecular weight excluding hydrogens is 290 g/mol. The minimum Gasteiger partial charge on any atom is -0.481 e. The molecule has 22 heavy (non-hydrogen) atoms. The summed E-state index contributed by atoms with van der Waals surface area (Å²) >= 11 is 0. The van der Waals surface area contributed by atoms with Gasteiger partial charge in [-0.2, -0.15) is 0 Å². The van der Waals surface area contributed by atoms with Gasteiger partial charge in [0.15, 0.2) is 11.5 Å². The molecule has 7 nitrogen and oxygen atoms in total. The Kier molecular flexibility index (Phi) is 2.97. The summed E-state index contributed by atoms with van der Waals surface area (Å²) in [4.78, 5) is 23.9. The summed E-state index contributed by atoms with van der Waals surface area (Å²) < 4.78 is 16.1. The Morgan fingerprint density at radius 3 is 2.59 bits per heavy atom. The number of carboxylic acids is 1. The molecule has 1 amide bonds. The number of aliphatic carboxylic acids is 1. The van der Waals surface area contributed by atoms with E-state index in [0.717, 1.165) is 6.42 Å². The van der Waals surface area contributed by atoms with Crippen molar-refractivity contribution in [1.82, 2.24) is 0 Å². The molecule has 2 fully saturated rings. The Morgan fingerprint density at radius 1 is 1.09 bits per heavy atom. The first-order chi connectivity index (χ1) is 10.6. The van der Waals surface area contributed by atoms with Crippen LogP contribution in [0.4, 0.5) is 5.69 Å². The van der Waals surface area contributed by atoms with Gasteiger partial charge in [0, 0.05) is 11.8 Å². The van der Waals surface area contributed by atoms with Crippen molar-refractivity contribution in [2.75, 3.05) is 12.1 Å². The fourth-order valence-electron chi connectivity index (χ4n) is 3.52. The lowest BCUT2D eigenvalue weighted by Crippen LogP contribution is -2.40. The van der Waals surface area contributed by atoms with Crippen LogP contribution in [0.25, 0.3) is 0 Å². The van der Waals surface area contributed by atoms with E-state index in [-0.39, 0.29) is 24.9 Å². The summed E-state index contributed by atoms with van der Waals surface area (Å²) in [7, 11) is 0. The highest BCUT2D eigenvalue weighted by Crippen LogP contribution is 2.44. The number of amides is 1. The Balaban J connectivity index is 1.53. The number of carbonyl (C=O) groups excluding carboxylic acids is 1. The largest absolute Gasteiger partial charge is 0.481 e. The van der Waals surface area contributed by atoms with Gasteiger partial charge >= 0.3 is 5.97 Å². The van der Waals surface area contributed by atoms with Crippen molar-refractivity contribution in [2.45, 2.75) is 25.0 Å². The molecule has 4 atom stereocenters. The number of fused-ring (bicyclic) bond motifs is 3. The van der Waals surface area contributed by atoms with Crippen molar-refractivity contribution in [1.29, 1.82) is 0 Å². The van der Waals surface area contributed by atoms with Gasteiger partial charge in [-0.05, 0) is 25.0 Å². The molecular formula is C15H15NO6. The monoisotopic (exact) mass is 305 g/mol. The standard InChI is InChI=1S/C15H15NO6/c17-14(12-9-3-4-10(22-9)13(12)15(18)19)16-7-1-2-8-11(5-7)21-6-20-8/h1-2,5,9-10,12-13H,3-4,6H2,(H,16,17)(H,18,19)/t9-,10+,12-,13-/m0/s1. The highest BCUT2D eigenvalue weighted by Gasteiger charge is 2.55. The SMILES string of the molecule is O=C(Nc1ccc2c(c1)OCO2)[C@@H]1[C@@H](C(=O)O)[C@H]2CC[C@@H]1O2. The predicted molar refractivity (Wildman–Crippen MR) is 73.7 cm³/mol. The van der Waals surface area contributed by atoms with Gasteiger partial charge in [-0.25, -0.2) is 0 Å². The lowest BCUT2D eigenvalue weighted by atomic mass is 9.78. The zero-order valence-electron chi connectivity index (χ0n) is 11.7. The van der Waals surface area contributed by atoms with Crippen LogP contribution in [-0.4, -0.2) is 36.0 Å². The molecule has 0 spiro atoms. The molecule has 1 aromatic rings. The van der Waals surface area contributed by atoms with Gasteiger partial charge in [0.05, 0.1) is 24.0 Å². The van der Waals surface area contributed by atoms with Crippen LogP contribution in [0.3, 0.4) is 0 Å². The average molecular weight is 305 g/mol. The molecule has 2 bridgehead atoms. The van der Waals surface area contributed by atoms with E-state index in [1.807, 2.05) is 0 Å². The van der Waals surface area contributed by atoms with Crippen molar-refractivity contribution in [3.05, 3.63) is 18.2 Å². The summed E-state index contributed by atoms with van der Waals surface area (Å²) in [6, 6.07) is 5.09. The summed E-state index contributed by atoms with van der Waals surface area (Å²) in [5.41, 5.74) is 0.557. The first-order valence-electron chi connectivity index (χ1n) is 7.22. The van der Waals surface area contributed by atoms with E-state index >= 15 is 0 Å². The van der Waals surface area contributed by atoms with E-state index in [4.69, 9.17) is 14.2 Å². The first-order valence-corrected chi connectivity index (χ1v) is 7.22. The Bertz CT molecular complexity index is 645. The Labute approximate surface area is 126 Å². The molecule has 7 heteroatoms. The third-order valence-corrected chi connectivity index (χ3v) is 4.50. The fourth-order valence-corrected chi connectivity index (χ4v) is 3.52. The number of anilines is 1. The zero-order valence-corrected chi connectivity index (χ0v) is 11.7. The van der Waals surface area contributed by atoms with E-state index < -0.39 is 17.8 Å². The number of nitrogens with one attached hydrogen (secondary N) is 1. The Hall–Kier alpha value is -2.28. The predicted octanol–water partition coefficient (Wildman–Crippen LogP) is 1.23. The van der Waals surface area contributed by atoms with Crippen LogP contribution in [-0.2, 0) is 14.3 Å². The number of rotatable bonds is 3. The molecule has 0 saturated carbocycles. The van der Waals surface area contributed by atoms with E-state index in [1.165, 1.54) is 0 Å². The number of ether oxygens (including phenoxy) is 3. The number of hydrogen-bond acceptors (Lipinski definition) is 5. The van der Waals surface area contributed by atoms with Crippen molar-refractivity contribution in [2.24, 2.45) is 11.8 Å². The van der Waals surface area contributed by atoms with Gasteiger partial charge in [-0.1, -0.05) is 0 Å². The minimum atomic E-state index is -0.974. The van der Waals surface area contributed by atoms with Crippen LogP contribution in [0.2, 0.25) is 0 Å². The smallest absolute Gasteiger partial charge is 0.310 e. The first kappa shape index (κ1) is 13.4. The van der Waals surface area contributed by atoms with Crippen LogP contribution in [0.15, 0.2) is 18.2 Å². The molecule has 0 radical (unpaired) electrons. The molecule has 2 N–H and O–H groups in total. The summed E-state index contributed by atoms with van der Waals surface area (Å²) in [6.45, 7) is 0.161. The van der Waals surface area contributed by atoms with Gasteiger partial charge < -0.3 is 24.6 Å². The molecule has 116 valence electrons. The van der Waals surface area contributed by atoms with Gasteiger partial charge in [-0.15, -0.1) is 0 Å². The third kappa shape index (κ3) is 2.00. The Morgan fingerprint density at radius 2 is 1.82 bits per heavy atom. The van der Waals surface area contributed by atoms with E-state index in [9.17, 15) is 14.7 Å². The number of carbonyl (C=O) groups is 2. The summed E-state index contributed by atoms with van der Waals surface area (Å²) in [5, 5.41) is 12.1. The second kappa shape index (κ2) is 4.88. The molecule has 0 aliphatic carbocycles. The van der Waals surface area contributed by atoms with Gasteiger partial charge in [0.1, 0.15) is 0 Å². The maximum Gasteiger partial charge on any atom is 0.310 e. The van der Waals surface area contributed by atoms with E-state index in [1.54, 1.807) is 18.2 Å². The van der Waals surface area contributed by atoms with E-state index in [2.05, 4.69) is 5.32 Å². The zero-order chi connectivity index (χ0) is 15.3. The highest BCUT2D eigenvalue weighted by atomic mass is 16.7. The third-order valence-electron chi connectivity index (χ3n) is 4.50. The van der Waals surface area contributed by atoms with Gasteiger partial charge in [0.25, 0.3) is 0 Å². The highest BCUT2D eigenvalue weighted by molar-refractivity contribution is 5.96. The minimum absolute atomic E-state index is 0.161. The van der Waals surface area contributed by atoms with Crippen molar-refractivity contribution in [3.8, 4) is 11.5 Å². The van der Waals surface area contributed by atoms with Crippen LogP contribution in [0.1, 0.15) is 12.8 Å².